The van der Waals surface area contributed by atoms with Crippen LogP contribution in [-0.4, -0.2) is 42.7 Å². The number of nitrogens with zero attached hydrogens (tertiary/aromatic N) is 2. The van der Waals surface area contributed by atoms with Gasteiger partial charge >= 0.3 is 0 Å². The topological polar surface area (TPSA) is 37.4 Å². The number of piperidine rings is 1. The van der Waals surface area contributed by atoms with Crippen LogP contribution >= 0.6 is 0 Å². The van der Waals surface area contributed by atoms with E-state index in [9.17, 15) is 0 Å². The molecular weight excluding hydrogens is 250 g/mol. The molecule has 112 valence electrons. The summed E-state index contributed by atoms with van der Waals surface area (Å²) in [6.45, 7) is 7.51. The monoisotopic (exact) mass is 277 g/mol. The van der Waals surface area contributed by atoms with Crippen LogP contribution in [0.3, 0.4) is 0 Å². The van der Waals surface area contributed by atoms with Crippen LogP contribution in [0, 0.1) is 5.92 Å². The SMILES string of the molecule is CC(C)Oc1cccnc1NCCC1CCN(C)CC1. The normalized spacial score (nSPS) is 17.4. The Kier molecular flexibility index (Phi) is 5.65. The first kappa shape index (κ1) is 15.1. The van der Waals surface area contributed by atoms with Crippen molar-refractivity contribution in [2.75, 3.05) is 32.0 Å². The average molecular weight is 277 g/mol. The molecule has 0 spiro atoms. The van der Waals surface area contributed by atoms with Crippen molar-refractivity contribution < 1.29 is 4.74 Å². The summed E-state index contributed by atoms with van der Waals surface area (Å²) in [7, 11) is 2.21. The van der Waals surface area contributed by atoms with Gasteiger partial charge in [0.1, 0.15) is 0 Å². The first-order valence-corrected chi connectivity index (χ1v) is 7.69. The lowest BCUT2D eigenvalue weighted by Gasteiger charge is -2.29. The van der Waals surface area contributed by atoms with Crippen LogP contribution in [0.1, 0.15) is 33.1 Å². The second-order valence-electron chi connectivity index (χ2n) is 5.98. The number of anilines is 1. The van der Waals surface area contributed by atoms with Gasteiger partial charge in [0.2, 0.25) is 0 Å². The number of hydrogen-bond acceptors (Lipinski definition) is 4. The molecule has 2 rings (SSSR count). The fourth-order valence-electron chi connectivity index (χ4n) is 2.62. The van der Waals surface area contributed by atoms with Gasteiger partial charge in [0.25, 0.3) is 0 Å². The highest BCUT2D eigenvalue weighted by atomic mass is 16.5. The second kappa shape index (κ2) is 7.48. The van der Waals surface area contributed by atoms with Crippen LogP contribution in [0.2, 0.25) is 0 Å². The number of hydrogen-bond donors (Lipinski definition) is 1. The molecule has 4 nitrogen and oxygen atoms in total. The van der Waals surface area contributed by atoms with E-state index in [-0.39, 0.29) is 6.10 Å². The zero-order valence-corrected chi connectivity index (χ0v) is 12.9. The second-order valence-corrected chi connectivity index (χ2v) is 5.98. The minimum Gasteiger partial charge on any atom is -0.487 e. The van der Waals surface area contributed by atoms with Gasteiger partial charge in [0, 0.05) is 12.7 Å². The maximum atomic E-state index is 5.77. The van der Waals surface area contributed by atoms with Crippen molar-refractivity contribution in [1.29, 1.82) is 0 Å². The molecule has 1 aromatic rings. The van der Waals surface area contributed by atoms with E-state index < -0.39 is 0 Å². The van der Waals surface area contributed by atoms with Crippen molar-refractivity contribution in [2.45, 2.75) is 39.2 Å². The van der Waals surface area contributed by atoms with Gasteiger partial charge in [0.15, 0.2) is 11.6 Å². The van der Waals surface area contributed by atoms with Crippen LogP contribution in [-0.2, 0) is 0 Å². The number of ether oxygens (including phenoxy) is 1. The molecule has 0 atom stereocenters. The third-order valence-electron chi connectivity index (χ3n) is 3.82. The summed E-state index contributed by atoms with van der Waals surface area (Å²) in [6, 6.07) is 3.89. The quantitative estimate of drug-likeness (QED) is 0.867. The Bertz CT molecular complexity index is 400. The molecule has 2 heterocycles. The molecule has 1 aliphatic heterocycles. The van der Waals surface area contributed by atoms with Gasteiger partial charge in [-0.15, -0.1) is 0 Å². The van der Waals surface area contributed by atoms with E-state index >= 15 is 0 Å². The Hall–Kier alpha value is -1.29. The lowest BCUT2D eigenvalue weighted by Crippen LogP contribution is -2.30. The van der Waals surface area contributed by atoms with Crippen LogP contribution < -0.4 is 10.1 Å². The Balaban J connectivity index is 1.79. The summed E-state index contributed by atoms with van der Waals surface area (Å²) >= 11 is 0. The van der Waals surface area contributed by atoms with Gasteiger partial charge in [-0.05, 0) is 71.3 Å². The molecule has 0 radical (unpaired) electrons. The highest BCUT2D eigenvalue weighted by molar-refractivity contribution is 5.49. The summed E-state index contributed by atoms with van der Waals surface area (Å²) < 4.78 is 5.77. The molecule has 1 aromatic heterocycles. The molecule has 0 bridgehead atoms. The highest BCUT2D eigenvalue weighted by Gasteiger charge is 2.16. The standard InChI is InChI=1S/C16H27N3O/c1-13(2)20-15-5-4-9-17-16(15)18-10-6-14-7-11-19(3)12-8-14/h4-5,9,13-14H,6-8,10-12H2,1-3H3,(H,17,18). The van der Waals surface area contributed by atoms with Crippen LogP contribution in [0.25, 0.3) is 0 Å². The average Bonchev–Trinajstić information content (AvgIpc) is 2.42. The van der Waals surface area contributed by atoms with E-state index in [4.69, 9.17) is 4.74 Å². The lowest BCUT2D eigenvalue weighted by molar-refractivity contribution is 0.215. The van der Waals surface area contributed by atoms with Gasteiger partial charge in [-0.1, -0.05) is 0 Å². The maximum Gasteiger partial charge on any atom is 0.168 e. The first-order chi connectivity index (χ1) is 9.65. The summed E-state index contributed by atoms with van der Waals surface area (Å²) in [5.74, 6) is 2.57. The first-order valence-electron chi connectivity index (χ1n) is 7.69. The molecule has 1 fully saturated rings. The molecule has 1 N–H and O–H groups in total. The van der Waals surface area contributed by atoms with Gasteiger partial charge < -0.3 is 15.0 Å². The van der Waals surface area contributed by atoms with E-state index in [2.05, 4.69) is 22.2 Å². The Morgan fingerprint density at radius 2 is 2.15 bits per heavy atom. The van der Waals surface area contributed by atoms with Crippen LogP contribution in [0.15, 0.2) is 18.3 Å². The predicted molar refractivity (Wildman–Crippen MR) is 83.3 cm³/mol. The predicted octanol–water partition coefficient (Wildman–Crippen LogP) is 3.01. The zero-order chi connectivity index (χ0) is 14.4. The van der Waals surface area contributed by atoms with E-state index in [1.807, 2.05) is 32.2 Å². The zero-order valence-electron chi connectivity index (χ0n) is 12.9. The van der Waals surface area contributed by atoms with Crippen LogP contribution in [0.5, 0.6) is 5.75 Å². The van der Waals surface area contributed by atoms with E-state index in [0.717, 1.165) is 24.0 Å². The Morgan fingerprint density at radius 1 is 1.40 bits per heavy atom. The molecule has 20 heavy (non-hydrogen) atoms. The van der Waals surface area contributed by atoms with Gasteiger partial charge in [-0.2, -0.15) is 0 Å². The molecule has 1 saturated heterocycles. The largest absolute Gasteiger partial charge is 0.487 e. The van der Waals surface area contributed by atoms with Gasteiger partial charge in [0.05, 0.1) is 6.10 Å². The van der Waals surface area contributed by atoms with Crippen molar-refractivity contribution in [3.8, 4) is 5.75 Å². The fraction of sp³-hybridized carbons (Fsp3) is 0.688. The Labute approximate surface area is 122 Å². The van der Waals surface area contributed by atoms with Crippen molar-refractivity contribution >= 4 is 5.82 Å². The van der Waals surface area contributed by atoms with Crippen molar-refractivity contribution in [3.05, 3.63) is 18.3 Å². The maximum absolute atomic E-state index is 5.77. The van der Waals surface area contributed by atoms with Gasteiger partial charge in [-0.25, -0.2) is 4.98 Å². The summed E-state index contributed by atoms with van der Waals surface area (Å²) in [5.41, 5.74) is 0. The minimum atomic E-state index is 0.175. The molecule has 4 heteroatoms. The summed E-state index contributed by atoms with van der Waals surface area (Å²) in [4.78, 5) is 6.80. The molecule has 0 saturated carbocycles. The molecule has 1 aliphatic rings. The number of nitrogens with one attached hydrogen (secondary N) is 1. The molecule has 0 unspecified atom stereocenters. The molecular formula is C16H27N3O. The lowest BCUT2D eigenvalue weighted by atomic mass is 9.94. The Morgan fingerprint density at radius 3 is 2.85 bits per heavy atom. The highest BCUT2D eigenvalue weighted by Crippen LogP contribution is 2.23. The van der Waals surface area contributed by atoms with E-state index in [0.29, 0.717) is 0 Å². The van der Waals surface area contributed by atoms with Crippen LogP contribution in [0.4, 0.5) is 5.82 Å². The summed E-state index contributed by atoms with van der Waals surface area (Å²) in [6.07, 6.45) is 5.83. The van der Waals surface area contributed by atoms with E-state index in [1.54, 1.807) is 0 Å². The van der Waals surface area contributed by atoms with Crippen molar-refractivity contribution in [1.82, 2.24) is 9.88 Å². The number of aromatic nitrogens is 1. The molecule has 0 aromatic carbocycles. The smallest absolute Gasteiger partial charge is 0.168 e. The number of likely N-dealkylation sites (tertiary alicyclic amines) is 1. The number of pyridine rings is 1. The minimum absolute atomic E-state index is 0.175. The van der Waals surface area contributed by atoms with Crippen molar-refractivity contribution in [3.63, 3.8) is 0 Å². The van der Waals surface area contributed by atoms with E-state index in [1.165, 1.54) is 32.4 Å². The fourth-order valence-corrected chi connectivity index (χ4v) is 2.62. The third-order valence-corrected chi connectivity index (χ3v) is 3.82. The number of rotatable bonds is 6. The van der Waals surface area contributed by atoms with Gasteiger partial charge in [-0.3, -0.25) is 0 Å². The molecule has 0 aliphatic carbocycles. The summed E-state index contributed by atoms with van der Waals surface area (Å²) in [5, 5.41) is 3.43. The van der Waals surface area contributed by atoms with Crippen molar-refractivity contribution in [2.24, 2.45) is 5.92 Å². The molecule has 0 amide bonds. The third kappa shape index (κ3) is 4.67.